The number of halogens is 2. The van der Waals surface area contributed by atoms with E-state index < -0.39 is 6.55 Å². The number of aromatic nitrogens is 1. The molecule has 1 unspecified atom stereocenters. The monoisotopic (exact) mass is 331 g/mol. The third-order valence-corrected chi connectivity index (χ3v) is 4.49. The van der Waals surface area contributed by atoms with Gasteiger partial charge in [0.15, 0.2) is 0 Å². The van der Waals surface area contributed by atoms with E-state index in [0.717, 1.165) is 31.9 Å². The van der Waals surface area contributed by atoms with Gasteiger partial charge in [-0.25, -0.2) is 0 Å². The number of nitriles is 1. The van der Waals surface area contributed by atoms with E-state index in [1.54, 1.807) is 6.07 Å². The van der Waals surface area contributed by atoms with Crippen LogP contribution >= 0.6 is 0 Å². The highest BCUT2D eigenvalue weighted by Crippen LogP contribution is 2.28. The van der Waals surface area contributed by atoms with Crippen LogP contribution in [0.2, 0.25) is 0 Å². The highest BCUT2D eigenvalue weighted by molar-refractivity contribution is 5.65. The molecule has 1 saturated heterocycles. The molecule has 24 heavy (non-hydrogen) atoms. The number of morpholine rings is 1. The van der Waals surface area contributed by atoms with Crippen LogP contribution in [-0.4, -0.2) is 35.8 Å². The van der Waals surface area contributed by atoms with Gasteiger partial charge in [-0.3, -0.25) is 9.47 Å². The van der Waals surface area contributed by atoms with Crippen LogP contribution in [0.15, 0.2) is 36.5 Å². The van der Waals surface area contributed by atoms with Gasteiger partial charge in [-0.1, -0.05) is 24.3 Å². The van der Waals surface area contributed by atoms with Crippen molar-refractivity contribution in [3.05, 3.63) is 47.8 Å². The van der Waals surface area contributed by atoms with Crippen LogP contribution in [0, 0.1) is 11.3 Å². The van der Waals surface area contributed by atoms with E-state index in [1.165, 1.54) is 17.8 Å². The Kier molecular flexibility index (Phi) is 4.93. The Balaban J connectivity index is 1.80. The summed E-state index contributed by atoms with van der Waals surface area (Å²) in [5.41, 5.74) is 2.58. The molecule has 1 fully saturated rings. The van der Waals surface area contributed by atoms with Gasteiger partial charge in [-0.05, 0) is 24.1 Å². The van der Waals surface area contributed by atoms with Crippen molar-refractivity contribution < 1.29 is 13.5 Å². The zero-order valence-electron chi connectivity index (χ0n) is 13.5. The first kappa shape index (κ1) is 16.6. The number of rotatable bonds is 4. The van der Waals surface area contributed by atoms with Crippen molar-refractivity contribution in [1.29, 1.82) is 5.26 Å². The first-order valence-electron chi connectivity index (χ1n) is 7.92. The summed E-state index contributed by atoms with van der Waals surface area (Å²) < 4.78 is 31.9. The Morgan fingerprint density at radius 2 is 1.79 bits per heavy atom. The topological polar surface area (TPSA) is 41.2 Å². The fourth-order valence-electron chi connectivity index (χ4n) is 3.02. The van der Waals surface area contributed by atoms with Gasteiger partial charge >= 0.3 is 6.55 Å². The second-order valence-corrected chi connectivity index (χ2v) is 5.86. The van der Waals surface area contributed by atoms with E-state index in [4.69, 9.17) is 10.00 Å². The van der Waals surface area contributed by atoms with Crippen molar-refractivity contribution in [3.63, 3.8) is 0 Å². The van der Waals surface area contributed by atoms with Crippen molar-refractivity contribution in [2.45, 2.75) is 19.5 Å². The van der Waals surface area contributed by atoms with Crippen LogP contribution in [0.4, 0.5) is 8.78 Å². The third-order valence-electron chi connectivity index (χ3n) is 4.49. The Labute approximate surface area is 139 Å². The van der Waals surface area contributed by atoms with Crippen LogP contribution < -0.4 is 0 Å². The standard InChI is InChI=1S/C18H19F2N3O/c1-13(22-6-8-24-9-7-22)14-2-4-15(5-3-14)16-10-17(11-21)23(12-16)18(19)20/h2-5,10,12-13,18H,6-9H2,1H3. The molecular formula is C18H19F2N3O. The smallest absolute Gasteiger partial charge is 0.319 e. The molecule has 0 amide bonds. The van der Waals surface area contributed by atoms with E-state index in [9.17, 15) is 8.78 Å². The lowest BCUT2D eigenvalue weighted by atomic mass is 10.0. The molecule has 1 aliphatic heterocycles. The largest absolute Gasteiger partial charge is 0.379 e. The normalized spacial score (nSPS) is 17.0. The van der Waals surface area contributed by atoms with Gasteiger partial charge in [0.2, 0.25) is 0 Å². The first-order valence-corrected chi connectivity index (χ1v) is 7.92. The fourth-order valence-corrected chi connectivity index (χ4v) is 3.02. The molecule has 0 aliphatic carbocycles. The second-order valence-electron chi connectivity index (χ2n) is 5.86. The van der Waals surface area contributed by atoms with Crippen molar-refractivity contribution in [1.82, 2.24) is 9.47 Å². The molecule has 0 radical (unpaired) electrons. The predicted octanol–water partition coefficient (Wildman–Crippen LogP) is 3.82. The molecular weight excluding hydrogens is 312 g/mol. The molecule has 1 atom stereocenters. The van der Waals surface area contributed by atoms with Crippen LogP contribution in [0.25, 0.3) is 11.1 Å². The summed E-state index contributed by atoms with van der Waals surface area (Å²) in [6, 6.07) is 11.4. The molecule has 1 aliphatic rings. The zero-order chi connectivity index (χ0) is 17.1. The van der Waals surface area contributed by atoms with E-state index in [-0.39, 0.29) is 11.7 Å². The molecule has 1 aromatic carbocycles. The minimum absolute atomic E-state index is 0.0363. The van der Waals surface area contributed by atoms with E-state index in [2.05, 4.69) is 11.8 Å². The Morgan fingerprint density at radius 3 is 2.33 bits per heavy atom. The van der Waals surface area contributed by atoms with Gasteiger partial charge in [0.05, 0.1) is 13.2 Å². The van der Waals surface area contributed by atoms with Crippen LogP contribution in [-0.2, 0) is 4.74 Å². The van der Waals surface area contributed by atoms with Crippen molar-refractivity contribution >= 4 is 0 Å². The van der Waals surface area contributed by atoms with Crippen molar-refractivity contribution in [2.75, 3.05) is 26.3 Å². The molecule has 1 aromatic heterocycles. The number of ether oxygens (including phenoxy) is 1. The fraction of sp³-hybridized carbons (Fsp3) is 0.389. The molecule has 0 N–H and O–H groups in total. The van der Waals surface area contributed by atoms with Crippen LogP contribution in [0.1, 0.15) is 30.8 Å². The molecule has 126 valence electrons. The lowest BCUT2D eigenvalue weighted by Gasteiger charge is -2.32. The van der Waals surface area contributed by atoms with Gasteiger partial charge in [0.25, 0.3) is 0 Å². The number of benzene rings is 1. The van der Waals surface area contributed by atoms with Gasteiger partial charge in [-0.15, -0.1) is 0 Å². The lowest BCUT2D eigenvalue weighted by Crippen LogP contribution is -2.37. The molecule has 2 heterocycles. The average Bonchev–Trinajstić information content (AvgIpc) is 3.07. The second kappa shape index (κ2) is 7.12. The number of nitrogens with zero attached hydrogens (tertiary/aromatic N) is 3. The first-order chi connectivity index (χ1) is 11.6. The zero-order valence-corrected chi connectivity index (χ0v) is 13.5. The Hall–Kier alpha value is -2.23. The Bertz CT molecular complexity index is 728. The summed E-state index contributed by atoms with van der Waals surface area (Å²) in [4.78, 5) is 2.36. The lowest BCUT2D eigenvalue weighted by molar-refractivity contribution is 0.0198. The quantitative estimate of drug-likeness (QED) is 0.855. The predicted molar refractivity (Wildman–Crippen MR) is 86.6 cm³/mol. The van der Waals surface area contributed by atoms with Gasteiger partial charge in [0.1, 0.15) is 11.8 Å². The van der Waals surface area contributed by atoms with Gasteiger partial charge in [0, 0.05) is 30.9 Å². The molecule has 0 spiro atoms. The molecule has 0 saturated carbocycles. The highest BCUT2D eigenvalue weighted by Gasteiger charge is 2.19. The summed E-state index contributed by atoms with van der Waals surface area (Å²) in [7, 11) is 0. The maximum atomic E-state index is 12.9. The summed E-state index contributed by atoms with van der Waals surface area (Å²) >= 11 is 0. The number of hydrogen-bond acceptors (Lipinski definition) is 3. The third kappa shape index (κ3) is 3.32. The average molecular weight is 331 g/mol. The summed E-state index contributed by atoms with van der Waals surface area (Å²) in [5.74, 6) is 0. The highest BCUT2D eigenvalue weighted by atomic mass is 19.3. The van der Waals surface area contributed by atoms with Crippen LogP contribution in [0.5, 0.6) is 0 Å². The SMILES string of the molecule is CC(c1ccc(-c2cc(C#N)n(C(F)F)c2)cc1)N1CCOCC1. The van der Waals surface area contributed by atoms with E-state index in [1.807, 2.05) is 24.3 Å². The molecule has 4 nitrogen and oxygen atoms in total. The Morgan fingerprint density at radius 1 is 1.12 bits per heavy atom. The van der Waals surface area contributed by atoms with Crippen LogP contribution in [0.3, 0.4) is 0 Å². The van der Waals surface area contributed by atoms with Crippen molar-refractivity contribution in [2.24, 2.45) is 0 Å². The summed E-state index contributed by atoms with van der Waals surface area (Å²) in [6.45, 7) is 2.76. The maximum absolute atomic E-state index is 12.9. The van der Waals surface area contributed by atoms with Gasteiger partial charge in [-0.2, -0.15) is 14.0 Å². The van der Waals surface area contributed by atoms with E-state index >= 15 is 0 Å². The van der Waals surface area contributed by atoms with Gasteiger partial charge < -0.3 is 4.74 Å². The minimum atomic E-state index is -2.71. The molecule has 0 bridgehead atoms. The molecule has 6 heteroatoms. The summed E-state index contributed by atoms with van der Waals surface area (Å²) in [5, 5.41) is 8.97. The molecule has 2 aromatic rings. The minimum Gasteiger partial charge on any atom is -0.379 e. The van der Waals surface area contributed by atoms with Crippen molar-refractivity contribution in [3.8, 4) is 17.2 Å². The van der Waals surface area contributed by atoms with E-state index in [0.29, 0.717) is 10.1 Å². The molecule has 3 rings (SSSR count). The maximum Gasteiger partial charge on any atom is 0.319 e. The number of hydrogen-bond donors (Lipinski definition) is 0. The summed E-state index contributed by atoms with van der Waals surface area (Å²) in [6.07, 6.45) is 1.32. The number of alkyl halides is 2.